The fraction of sp³-hybridized carbons (Fsp3) is 0. The molecule has 5 heavy (non-hydrogen) atoms. The molecule has 0 saturated carbocycles. The van der Waals surface area contributed by atoms with Crippen LogP contribution in [0.2, 0.25) is 0 Å². The summed E-state index contributed by atoms with van der Waals surface area (Å²) in [5.41, 5.74) is 0. The maximum Gasteiger partial charge on any atom is 4.00 e. The van der Waals surface area contributed by atoms with Gasteiger partial charge in [0.05, 0.1) is 0 Å². The molecule has 0 N–H and O–H groups in total. The van der Waals surface area contributed by atoms with Gasteiger partial charge in [0, 0.05) is 0 Å². The van der Waals surface area contributed by atoms with Crippen molar-refractivity contribution in [1.82, 2.24) is 0 Å². The maximum absolute atomic E-state index is 0. The molecule has 0 amide bonds. The van der Waals surface area contributed by atoms with Crippen molar-refractivity contribution in [2.24, 2.45) is 0 Å². The van der Waals surface area contributed by atoms with Crippen molar-refractivity contribution in [1.29, 1.82) is 0 Å². The van der Waals surface area contributed by atoms with E-state index >= 15 is 0 Å². The van der Waals surface area contributed by atoms with Crippen LogP contribution in [0.5, 0.6) is 0 Å². The normalized spacial score (nSPS) is 0. The second-order valence-electron chi connectivity index (χ2n) is 0. The monoisotopic (exact) mass is 220 g/mol. The zero-order valence-electron chi connectivity index (χ0n) is 1.82. The molecule has 0 saturated heterocycles. The molecule has 0 atom stereocenters. The largest absolute Gasteiger partial charge is 4.00 e. The number of rotatable bonds is 0. The molecule has 0 aromatic carbocycles. The standard InChI is InChI=1S/Li.2O.H2Te.Ti.H/h;;;1H2;;/q;2*-2;;+4;. The van der Waals surface area contributed by atoms with Gasteiger partial charge in [0.1, 0.15) is 0 Å². The van der Waals surface area contributed by atoms with Crippen LogP contribution < -0.4 is 0 Å². The van der Waals surface area contributed by atoms with Crippen molar-refractivity contribution in [3.63, 3.8) is 0 Å². The van der Waals surface area contributed by atoms with E-state index in [-0.39, 0.29) is 75.2 Å². The van der Waals surface area contributed by atoms with Crippen LogP contribution in [-0.4, -0.2) is 42.5 Å². The zero-order chi connectivity index (χ0) is 0. The molecule has 0 aliphatic carbocycles. The van der Waals surface area contributed by atoms with E-state index in [0.29, 0.717) is 0 Å². The molecule has 0 fully saturated rings. The van der Waals surface area contributed by atoms with Gasteiger partial charge in [-0.25, -0.2) is 0 Å². The first-order chi connectivity index (χ1) is 0. The molecule has 0 rings (SSSR count). The molecule has 0 aliphatic rings. The fourth-order valence-electron chi connectivity index (χ4n) is 0. The van der Waals surface area contributed by atoms with Crippen LogP contribution in [0.4, 0.5) is 0 Å². The van der Waals surface area contributed by atoms with Crippen molar-refractivity contribution in [2.45, 2.75) is 0 Å². The summed E-state index contributed by atoms with van der Waals surface area (Å²) < 4.78 is 0. The van der Waals surface area contributed by atoms with Crippen LogP contribution in [0.3, 0.4) is 0 Å². The average Bonchev–Trinajstić information content (AvgIpc) is 0. The molecule has 0 aromatic heterocycles. The third-order valence-corrected chi connectivity index (χ3v) is 0. The zero-order valence-corrected chi connectivity index (χ0v) is 6.23. The summed E-state index contributed by atoms with van der Waals surface area (Å²) in [4.78, 5) is 0. The molecule has 26 valence electrons. The second kappa shape index (κ2) is 37.2. The Bertz CT molecular complexity index is 9.61. The fourth-order valence-corrected chi connectivity index (χ4v) is 0. The van der Waals surface area contributed by atoms with Gasteiger partial charge < -0.3 is 11.0 Å². The molecular formula is H3LiO2TeTi. The summed E-state index contributed by atoms with van der Waals surface area (Å²) in [6, 6.07) is 0. The Morgan fingerprint density at radius 2 is 0.800 bits per heavy atom. The van der Waals surface area contributed by atoms with Gasteiger partial charge >= 0.3 is 64.2 Å². The van der Waals surface area contributed by atoms with Gasteiger partial charge in [-0.1, -0.05) is 0 Å². The van der Waals surface area contributed by atoms with Crippen LogP contribution >= 0.6 is 0 Å². The number of hydrogen-bond donors (Lipinski definition) is 0. The first-order valence-corrected chi connectivity index (χ1v) is 0. The predicted octanol–water partition coefficient (Wildman–Crippen LogP) is -1.80. The molecule has 0 spiro atoms. The van der Waals surface area contributed by atoms with Gasteiger partial charge in [0.25, 0.3) is 0 Å². The van der Waals surface area contributed by atoms with E-state index in [4.69, 9.17) is 0 Å². The van der Waals surface area contributed by atoms with Crippen molar-refractivity contribution < 1.29 is 32.7 Å². The average molecular weight is 217 g/mol. The minimum atomic E-state index is 0. The molecule has 5 heteroatoms. The quantitative estimate of drug-likeness (QED) is 0.430. The molecule has 0 aromatic rings. The molecule has 2 nitrogen and oxygen atoms in total. The van der Waals surface area contributed by atoms with E-state index in [1.54, 1.807) is 0 Å². The maximum atomic E-state index is 0. The minimum absolute atomic E-state index is 0. The summed E-state index contributed by atoms with van der Waals surface area (Å²) >= 11 is 0. The van der Waals surface area contributed by atoms with Gasteiger partial charge in [-0.15, -0.1) is 0 Å². The Kier molecular flexibility index (Phi) is 463. The van der Waals surface area contributed by atoms with Gasteiger partial charge in [-0.05, 0) is 0 Å². The van der Waals surface area contributed by atoms with E-state index in [0.717, 1.165) is 0 Å². The summed E-state index contributed by atoms with van der Waals surface area (Å²) in [5.74, 6) is 0. The third-order valence-electron chi connectivity index (χ3n) is 0. The number of hydrogen-bond acceptors (Lipinski definition) is 0. The van der Waals surface area contributed by atoms with Gasteiger partial charge in [0.15, 0.2) is 0 Å². The molecule has 0 unspecified atom stereocenters. The van der Waals surface area contributed by atoms with E-state index in [2.05, 4.69) is 0 Å². The Morgan fingerprint density at radius 1 is 0.800 bits per heavy atom. The summed E-state index contributed by atoms with van der Waals surface area (Å²) in [6.45, 7) is 0. The van der Waals surface area contributed by atoms with Crippen LogP contribution in [0.1, 0.15) is 0 Å². The Morgan fingerprint density at radius 3 is 0.800 bits per heavy atom. The van der Waals surface area contributed by atoms with Crippen LogP contribution in [-0.2, 0) is 32.7 Å². The third kappa shape index (κ3) is 23.8. The summed E-state index contributed by atoms with van der Waals surface area (Å²) in [7, 11) is 0. The molecular weight excluding hydrogens is 214 g/mol. The van der Waals surface area contributed by atoms with Crippen molar-refractivity contribution in [2.75, 3.05) is 0 Å². The van der Waals surface area contributed by atoms with Gasteiger partial charge in [0.2, 0.25) is 0 Å². The Balaban J connectivity index is 0. The second-order valence-corrected chi connectivity index (χ2v) is 0. The van der Waals surface area contributed by atoms with Crippen LogP contribution in [0, 0.1) is 0 Å². The first-order valence-electron chi connectivity index (χ1n) is 0. The Labute approximate surface area is 74.5 Å². The molecule has 0 radical (unpaired) electrons. The van der Waals surface area contributed by atoms with Gasteiger partial charge in [-0.3, -0.25) is 0 Å². The van der Waals surface area contributed by atoms with Crippen LogP contribution in [0.15, 0.2) is 0 Å². The molecule has 0 aliphatic heterocycles. The van der Waals surface area contributed by atoms with Crippen LogP contribution in [0.25, 0.3) is 0 Å². The van der Waals surface area contributed by atoms with E-state index < -0.39 is 0 Å². The van der Waals surface area contributed by atoms with Crippen molar-refractivity contribution in [3.05, 3.63) is 0 Å². The van der Waals surface area contributed by atoms with E-state index in [1.807, 2.05) is 0 Å². The topological polar surface area (TPSA) is 57.0 Å². The Hall–Kier alpha value is 2.02. The molecule has 0 bridgehead atoms. The van der Waals surface area contributed by atoms with Crippen molar-refractivity contribution in [3.8, 4) is 0 Å². The van der Waals surface area contributed by atoms with Gasteiger partial charge in [-0.2, -0.15) is 0 Å². The smallest absolute Gasteiger partial charge is 4.00 e. The van der Waals surface area contributed by atoms with E-state index in [1.165, 1.54) is 0 Å². The summed E-state index contributed by atoms with van der Waals surface area (Å²) in [6.07, 6.45) is 0. The predicted molar refractivity (Wildman–Crippen MR) is 17.1 cm³/mol. The molecule has 0 heterocycles. The summed E-state index contributed by atoms with van der Waals surface area (Å²) in [5, 5.41) is 0. The van der Waals surface area contributed by atoms with E-state index in [9.17, 15) is 0 Å². The minimum Gasteiger partial charge on any atom is 4.00 e. The first kappa shape index (κ1) is 62.3. The van der Waals surface area contributed by atoms with Crippen molar-refractivity contribution >= 4 is 42.5 Å². The SMILES string of the molecule is [LiH].[O-2].[O-2].[TeH2].[Ti+4].